The van der Waals surface area contributed by atoms with Crippen molar-refractivity contribution >= 4 is 12.0 Å². The number of rotatable bonds is 6. The Hall–Kier alpha value is -1.30. The molecule has 0 spiro atoms. The third kappa shape index (κ3) is 5.92. The van der Waals surface area contributed by atoms with E-state index in [1.54, 1.807) is 0 Å². The number of amides is 2. The van der Waals surface area contributed by atoms with Crippen LogP contribution in [-0.4, -0.2) is 54.7 Å². The standard InChI is InChI=1S/C13H25N3O3/c1-3-5-11(12(17)18)15-13(19)14-8-10-6-4-7-16(2)9-10/h10-11H,3-9H2,1-2H3,(H,17,18)(H2,14,15,19)/t10?,11-/m0/s1. The van der Waals surface area contributed by atoms with Gasteiger partial charge in [-0.25, -0.2) is 9.59 Å². The Morgan fingerprint density at radius 1 is 1.47 bits per heavy atom. The van der Waals surface area contributed by atoms with Gasteiger partial charge in [-0.1, -0.05) is 13.3 Å². The number of aliphatic carboxylic acids is 1. The molecule has 0 saturated carbocycles. The number of nitrogens with zero attached hydrogens (tertiary/aromatic N) is 1. The lowest BCUT2D eigenvalue weighted by molar-refractivity contribution is -0.139. The van der Waals surface area contributed by atoms with E-state index in [0.29, 0.717) is 18.9 Å². The van der Waals surface area contributed by atoms with Gasteiger partial charge < -0.3 is 20.6 Å². The van der Waals surface area contributed by atoms with Gasteiger partial charge in [-0.2, -0.15) is 0 Å². The maximum Gasteiger partial charge on any atom is 0.326 e. The van der Waals surface area contributed by atoms with E-state index >= 15 is 0 Å². The fraction of sp³-hybridized carbons (Fsp3) is 0.846. The Kier molecular flexibility index (Phi) is 6.62. The molecule has 1 heterocycles. The molecule has 19 heavy (non-hydrogen) atoms. The summed E-state index contributed by atoms with van der Waals surface area (Å²) in [5.41, 5.74) is 0. The number of carbonyl (C=O) groups excluding carboxylic acids is 1. The molecule has 0 bridgehead atoms. The van der Waals surface area contributed by atoms with E-state index in [2.05, 4.69) is 22.6 Å². The van der Waals surface area contributed by atoms with Crippen molar-refractivity contribution in [1.29, 1.82) is 0 Å². The molecule has 1 rings (SSSR count). The first kappa shape index (κ1) is 15.8. The summed E-state index contributed by atoms with van der Waals surface area (Å²) in [5.74, 6) is -0.520. The van der Waals surface area contributed by atoms with Crippen LogP contribution in [0.4, 0.5) is 4.79 Å². The minimum Gasteiger partial charge on any atom is -0.480 e. The zero-order valence-corrected chi connectivity index (χ0v) is 11.8. The van der Waals surface area contributed by atoms with Crippen LogP contribution >= 0.6 is 0 Å². The lowest BCUT2D eigenvalue weighted by atomic mass is 9.99. The van der Waals surface area contributed by atoms with Gasteiger partial charge in [0, 0.05) is 13.1 Å². The third-order valence-electron chi connectivity index (χ3n) is 3.45. The SMILES string of the molecule is CCC[C@H](NC(=O)NCC1CCCN(C)C1)C(=O)O. The van der Waals surface area contributed by atoms with Crippen molar-refractivity contribution in [3.63, 3.8) is 0 Å². The maximum absolute atomic E-state index is 11.7. The number of piperidine rings is 1. The van der Waals surface area contributed by atoms with Crippen LogP contribution in [0, 0.1) is 5.92 Å². The molecule has 0 aromatic carbocycles. The van der Waals surface area contributed by atoms with Crippen molar-refractivity contribution in [2.45, 2.75) is 38.6 Å². The first-order valence-electron chi connectivity index (χ1n) is 6.98. The fourth-order valence-electron chi connectivity index (χ4n) is 2.43. The zero-order valence-electron chi connectivity index (χ0n) is 11.8. The average Bonchev–Trinajstić information content (AvgIpc) is 2.36. The van der Waals surface area contributed by atoms with Crippen LogP contribution in [0.5, 0.6) is 0 Å². The zero-order chi connectivity index (χ0) is 14.3. The van der Waals surface area contributed by atoms with Gasteiger partial charge in [0.15, 0.2) is 0 Å². The highest BCUT2D eigenvalue weighted by molar-refractivity contribution is 5.82. The monoisotopic (exact) mass is 271 g/mol. The van der Waals surface area contributed by atoms with Crippen molar-refractivity contribution in [3.05, 3.63) is 0 Å². The van der Waals surface area contributed by atoms with E-state index in [1.807, 2.05) is 6.92 Å². The van der Waals surface area contributed by atoms with Crippen LogP contribution in [-0.2, 0) is 4.79 Å². The summed E-state index contributed by atoms with van der Waals surface area (Å²) in [6, 6.07) is -1.17. The van der Waals surface area contributed by atoms with Crippen LogP contribution < -0.4 is 10.6 Å². The van der Waals surface area contributed by atoms with Crippen LogP contribution in [0.15, 0.2) is 0 Å². The number of nitrogens with one attached hydrogen (secondary N) is 2. The Labute approximate surface area is 114 Å². The number of carboxylic acids is 1. The van der Waals surface area contributed by atoms with Gasteiger partial charge in [0.05, 0.1) is 0 Å². The van der Waals surface area contributed by atoms with Crippen molar-refractivity contribution in [2.24, 2.45) is 5.92 Å². The molecule has 6 nitrogen and oxygen atoms in total. The molecule has 0 aliphatic carbocycles. The maximum atomic E-state index is 11.7. The second kappa shape index (κ2) is 7.99. The molecule has 0 aromatic heterocycles. The number of carboxylic acid groups (broad SMARTS) is 1. The van der Waals surface area contributed by atoms with Crippen molar-refractivity contribution in [2.75, 3.05) is 26.7 Å². The molecule has 1 aliphatic heterocycles. The molecule has 1 unspecified atom stereocenters. The Balaban J connectivity index is 2.28. The predicted molar refractivity (Wildman–Crippen MR) is 73.1 cm³/mol. The van der Waals surface area contributed by atoms with Crippen LogP contribution in [0.1, 0.15) is 32.6 Å². The summed E-state index contributed by atoms with van der Waals surface area (Å²) < 4.78 is 0. The topological polar surface area (TPSA) is 81.7 Å². The van der Waals surface area contributed by atoms with Gasteiger partial charge in [-0.15, -0.1) is 0 Å². The molecule has 2 amide bonds. The van der Waals surface area contributed by atoms with Crippen molar-refractivity contribution < 1.29 is 14.7 Å². The Morgan fingerprint density at radius 3 is 2.79 bits per heavy atom. The van der Waals surface area contributed by atoms with Crippen LogP contribution in [0.25, 0.3) is 0 Å². The smallest absolute Gasteiger partial charge is 0.326 e. The Bertz CT molecular complexity index is 310. The first-order valence-corrected chi connectivity index (χ1v) is 6.98. The quantitative estimate of drug-likeness (QED) is 0.670. The van der Waals surface area contributed by atoms with Crippen LogP contribution in [0.3, 0.4) is 0 Å². The minimum absolute atomic E-state index is 0.380. The average molecular weight is 271 g/mol. The predicted octanol–water partition coefficient (Wildman–Crippen LogP) is 0.881. The molecule has 0 radical (unpaired) electrons. The van der Waals surface area contributed by atoms with Gasteiger partial charge >= 0.3 is 12.0 Å². The summed E-state index contributed by atoms with van der Waals surface area (Å²) in [7, 11) is 2.08. The normalized spacial score (nSPS) is 21.7. The summed E-state index contributed by atoms with van der Waals surface area (Å²) in [6.45, 7) is 4.60. The lowest BCUT2D eigenvalue weighted by Gasteiger charge is -2.29. The van der Waals surface area contributed by atoms with Gasteiger partial charge in [-0.3, -0.25) is 0 Å². The molecule has 0 aromatic rings. The highest BCUT2D eigenvalue weighted by Gasteiger charge is 2.20. The van der Waals surface area contributed by atoms with E-state index in [4.69, 9.17) is 5.11 Å². The summed E-state index contributed by atoms with van der Waals surface area (Å²) in [6.07, 6.45) is 3.44. The molecule has 6 heteroatoms. The molecule has 1 aliphatic rings. The number of likely N-dealkylation sites (tertiary alicyclic amines) is 1. The molecular formula is C13H25N3O3. The number of urea groups is 1. The van der Waals surface area contributed by atoms with E-state index in [0.717, 1.165) is 32.4 Å². The highest BCUT2D eigenvalue weighted by atomic mass is 16.4. The largest absolute Gasteiger partial charge is 0.480 e. The minimum atomic E-state index is -0.977. The van der Waals surface area contributed by atoms with Crippen molar-refractivity contribution in [3.8, 4) is 0 Å². The Morgan fingerprint density at radius 2 is 2.21 bits per heavy atom. The summed E-state index contributed by atoms with van der Waals surface area (Å²) >= 11 is 0. The van der Waals surface area contributed by atoms with E-state index in [9.17, 15) is 9.59 Å². The van der Waals surface area contributed by atoms with Gasteiger partial charge in [0.1, 0.15) is 6.04 Å². The summed E-state index contributed by atoms with van der Waals surface area (Å²) in [4.78, 5) is 24.8. The van der Waals surface area contributed by atoms with Gasteiger partial charge in [0.2, 0.25) is 0 Å². The molecule has 110 valence electrons. The highest BCUT2D eigenvalue weighted by Crippen LogP contribution is 2.13. The lowest BCUT2D eigenvalue weighted by Crippen LogP contribution is -2.48. The molecular weight excluding hydrogens is 246 g/mol. The van der Waals surface area contributed by atoms with Gasteiger partial charge in [0.25, 0.3) is 0 Å². The number of hydrogen-bond donors (Lipinski definition) is 3. The molecule has 1 fully saturated rings. The third-order valence-corrected chi connectivity index (χ3v) is 3.45. The van der Waals surface area contributed by atoms with E-state index in [1.165, 1.54) is 0 Å². The molecule has 1 saturated heterocycles. The number of hydrogen-bond acceptors (Lipinski definition) is 3. The first-order chi connectivity index (χ1) is 9.02. The van der Waals surface area contributed by atoms with Gasteiger partial charge in [-0.05, 0) is 38.8 Å². The van der Waals surface area contributed by atoms with E-state index in [-0.39, 0.29) is 6.03 Å². The second-order valence-electron chi connectivity index (χ2n) is 5.30. The molecule has 2 atom stereocenters. The van der Waals surface area contributed by atoms with E-state index < -0.39 is 12.0 Å². The second-order valence-corrected chi connectivity index (χ2v) is 5.30. The van der Waals surface area contributed by atoms with Crippen LogP contribution in [0.2, 0.25) is 0 Å². The fourth-order valence-corrected chi connectivity index (χ4v) is 2.43. The number of carbonyl (C=O) groups is 2. The summed E-state index contributed by atoms with van der Waals surface area (Å²) in [5, 5.41) is 14.2. The van der Waals surface area contributed by atoms with Crippen molar-refractivity contribution in [1.82, 2.24) is 15.5 Å². The molecule has 3 N–H and O–H groups in total.